The molecule has 0 saturated heterocycles. The molecule has 0 spiro atoms. The third-order valence-electron chi connectivity index (χ3n) is 5.24. The molecule has 158 valence electrons. The molecule has 31 heavy (non-hydrogen) atoms. The average molecular weight is 453 g/mol. The van der Waals surface area contributed by atoms with Gasteiger partial charge in [0, 0.05) is 10.3 Å². The van der Waals surface area contributed by atoms with Crippen LogP contribution in [-0.4, -0.2) is 42.8 Å². The quantitative estimate of drug-likeness (QED) is 0.333. The molecule has 1 aromatic carbocycles. The number of thiophene rings is 1. The van der Waals surface area contributed by atoms with Crippen molar-refractivity contribution in [3.8, 4) is 5.69 Å². The number of carbonyl (C=O) groups excluding carboxylic acids is 1. The number of carbonyl (C=O) groups is 1. The first-order valence-corrected chi connectivity index (χ1v) is 11.7. The van der Waals surface area contributed by atoms with Crippen LogP contribution in [0.5, 0.6) is 0 Å². The predicted octanol–water partition coefficient (Wildman–Crippen LogP) is 3.79. The number of benzene rings is 1. The van der Waals surface area contributed by atoms with Gasteiger partial charge in [-0.25, -0.2) is 9.97 Å². The van der Waals surface area contributed by atoms with Crippen LogP contribution >= 0.6 is 23.1 Å². The van der Waals surface area contributed by atoms with E-state index in [9.17, 15) is 4.79 Å². The zero-order chi connectivity index (χ0) is 21.4. The summed E-state index contributed by atoms with van der Waals surface area (Å²) in [5.74, 6) is 0.509. The van der Waals surface area contributed by atoms with Crippen molar-refractivity contribution in [2.75, 3.05) is 6.61 Å². The average Bonchev–Trinajstić information content (AvgIpc) is 3.38. The Morgan fingerprint density at radius 2 is 2.13 bits per heavy atom. The van der Waals surface area contributed by atoms with E-state index < -0.39 is 0 Å². The van der Waals surface area contributed by atoms with E-state index in [1.54, 1.807) is 16.0 Å². The Balaban J connectivity index is 1.53. The molecule has 0 N–H and O–H groups in total. The van der Waals surface area contributed by atoms with Gasteiger partial charge in [0.25, 0.3) is 0 Å². The molecule has 0 fully saturated rings. The molecule has 0 saturated carbocycles. The van der Waals surface area contributed by atoms with Crippen molar-refractivity contribution in [1.29, 1.82) is 0 Å². The van der Waals surface area contributed by atoms with Gasteiger partial charge in [0.05, 0.1) is 18.2 Å². The van der Waals surface area contributed by atoms with E-state index in [4.69, 9.17) is 9.72 Å². The van der Waals surface area contributed by atoms with Crippen LogP contribution in [0.2, 0.25) is 0 Å². The molecule has 3 aromatic heterocycles. The molecule has 1 aliphatic rings. The lowest BCUT2D eigenvalue weighted by molar-refractivity contribution is -0.148. The molecule has 0 amide bonds. The Hall–Kier alpha value is -2.85. The third kappa shape index (κ3) is 3.81. The normalized spacial score (nSPS) is 15.7. The Labute approximate surface area is 187 Å². The number of rotatable bonds is 5. The Kier molecular flexibility index (Phi) is 5.41. The zero-order valence-electron chi connectivity index (χ0n) is 17.1. The molecule has 10 heteroatoms. The second-order valence-corrected chi connectivity index (χ2v) is 9.30. The summed E-state index contributed by atoms with van der Waals surface area (Å²) in [5, 5.41) is 14.8. The van der Waals surface area contributed by atoms with Gasteiger partial charge in [0.1, 0.15) is 15.7 Å². The summed E-state index contributed by atoms with van der Waals surface area (Å²) in [6.07, 6.45) is 2.28. The monoisotopic (exact) mass is 452 g/mol. The van der Waals surface area contributed by atoms with E-state index in [0.717, 1.165) is 33.8 Å². The minimum atomic E-state index is -0.107. The van der Waals surface area contributed by atoms with Crippen LogP contribution in [0.15, 0.2) is 40.5 Å². The molecule has 4 aromatic rings. The summed E-state index contributed by atoms with van der Waals surface area (Å²) < 4.78 is 6.96. The number of nitrogens with zero attached hydrogens (tertiary/aromatic N) is 6. The van der Waals surface area contributed by atoms with Crippen LogP contribution in [0.1, 0.15) is 29.6 Å². The predicted molar refractivity (Wildman–Crippen MR) is 118 cm³/mol. The molecule has 0 bridgehead atoms. The minimum Gasteiger partial charge on any atom is -0.466 e. The van der Waals surface area contributed by atoms with Crippen molar-refractivity contribution < 1.29 is 9.53 Å². The van der Waals surface area contributed by atoms with Crippen molar-refractivity contribution in [1.82, 2.24) is 30.2 Å². The van der Waals surface area contributed by atoms with Gasteiger partial charge in [-0.05, 0) is 73.0 Å². The van der Waals surface area contributed by atoms with E-state index >= 15 is 0 Å². The number of aromatic nitrogens is 6. The van der Waals surface area contributed by atoms with Crippen molar-refractivity contribution in [2.45, 2.75) is 43.3 Å². The maximum absolute atomic E-state index is 12.3. The SMILES string of the molecule is CCOC(=O)C1CCc2c(sc3nc(C)nc(Sc4nnnn4-c4ccccc4)c23)C1. The number of tetrazole rings is 1. The number of ether oxygens (including phenoxy) is 1. The zero-order valence-corrected chi connectivity index (χ0v) is 18.7. The second-order valence-electron chi connectivity index (χ2n) is 7.26. The van der Waals surface area contributed by atoms with Gasteiger partial charge in [0.2, 0.25) is 5.16 Å². The fourth-order valence-corrected chi connectivity index (χ4v) is 6.23. The maximum Gasteiger partial charge on any atom is 0.309 e. The van der Waals surface area contributed by atoms with Crippen LogP contribution in [0.3, 0.4) is 0 Å². The molecule has 5 rings (SSSR count). The van der Waals surface area contributed by atoms with E-state index in [2.05, 4.69) is 20.5 Å². The highest BCUT2D eigenvalue weighted by Crippen LogP contribution is 2.42. The van der Waals surface area contributed by atoms with E-state index in [1.165, 1.54) is 22.2 Å². The van der Waals surface area contributed by atoms with Crippen molar-refractivity contribution >= 4 is 39.3 Å². The second kappa shape index (κ2) is 8.35. The highest BCUT2D eigenvalue weighted by molar-refractivity contribution is 7.99. The van der Waals surface area contributed by atoms with Crippen molar-refractivity contribution in [3.63, 3.8) is 0 Å². The fourth-order valence-electron chi connectivity index (χ4n) is 3.84. The van der Waals surface area contributed by atoms with Crippen LogP contribution in [0, 0.1) is 12.8 Å². The molecule has 1 unspecified atom stereocenters. The summed E-state index contributed by atoms with van der Waals surface area (Å²) in [4.78, 5) is 23.8. The number of esters is 1. The molecule has 3 heterocycles. The lowest BCUT2D eigenvalue weighted by Gasteiger charge is -2.20. The largest absolute Gasteiger partial charge is 0.466 e. The summed E-state index contributed by atoms with van der Waals surface area (Å²) in [6.45, 7) is 4.15. The maximum atomic E-state index is 12.3. The number of fused-ring (bicyclic) bond motifs is 3. The summed E-state index contributed by atoms with van der Waals surface area (Å²) >= 11 is 3.09. The van der Waals surface area contributed by atoms with Crippen LogP contribution < -0.4 is 0 Å². The number of hydrogen-bond donors (Lipinski definition) is 0. The number of hydrogen-bond acceptors (Lipinski definition) is 9. The first-order valence-electron chi connectivity index (χ1n) is 10.1. The first kappa shape index (κ1) is 20.1. The minimum absolute atomic E-state index is 0.0870. The standard InChI is InChI=1S/C21H20N6O2S2/c1-3-29-20(28)13-9-10-15-16(11-13)30-18-17(15)19(23-12(2)22-18)31-21-24-25-26-27(21)14-7-5-4-6-8-14/h4-8,13H,3,9-11H2,1-2H3. The Morgan fingerprint density at radius 1 is 1.29 bits per heavy atom. The molecule has 1 aliphatic carbocycles. The lowest BCUT2D eigenvalue weighted by atomic mass is 9.88. The van der Waals surface area contributed by atoms with Crippen molar-refractivity contribution in [2.24, 2.45) is 5.92 Å². The van der Waals surface area contributed by atoms with E-state index in [-0.39, 0.29) is 11.9 Å². The molecule has 8 nitrogen and oxygen atoms in total. The highest BCUT2D eigenvalue weighted by Gasteiger charge is 2.30. The van der Waals surface area contributed by atoms with Gasteiger partial charge >= 0.3 is 5.97 Å². The molecule has 1 atom stereocenters. The van der Waals surface area contributed by atoms with Gasteiger partial charge in [0.15, 0.2) is 0 Å². The van der Waals surface area contributed by atoms with Gasteiger partial charge in [-0.15, -0.1) is 16.4 Å². The smallest absolute Gasteiger partial charge is 0.309 e. The topological polar surface area (TPSA) is 95.7 Å². The summed E-state index contributed by atoms with van der Waals surface area (Å²) in [7, 11) is 0. The first-order chi connectivity index (χ1) is 15.1. The Morgan fingerprint density at radius 3 is 2.94 bits per heavy atom. The molecule has 0 radical (unpaired) electrons. The summed E-state index contributed by atoms with van der Waals surface area (Å²) in [5.41, 5.74) is 2.13. The van der Waals surface area contributed by atoms with Gasteiger partial charge in [-0.1, -0.05) is 18.2 Å². The van der Waals surface area contributed by atoms with Crippen LogP contribution in [0.25, 0.3) is 15.9 Å². The number of aryl methyl sites for hydroxylation is 2. The highest BCUT2D eigenvalue weighted by atomic mass is 32.2. The molecular formula is C21H20N6O2S2. The third-order valence-corrected chi connectivity index (χ3v) is 7.31. The summed E-state index contributed by atoms with van der Waals surface area (Å²) in [6, 6.07) is 9.78. The van der Waals surface area contributed by atoms with E-state index in [1.807, 2.05) is 44.2 Å². The Bertz CT molecular complexity index is 1250. The van der Waals surface area contributed by atoms with Gasteiger partial charge < -0.3 is 4.74 Å². The molecular weight excluding hydrogens is 432 g/mol. The van der Waals surface area contributed by atoms with Gasteiger partial charge in [-0.3, -0.25) is 4.79 Å². The van der Waals surface area contributed by atoms with Crippen LogP contribution in [-0.2, 0) is 22.4 Å². The molecule has 0 aliphatic heterocycles. The number of para-hydroxylation sites is 1. The van der Waals surface area contributed by atoms with Gasteiger partial charge in [-0.2, -0.15) is 4.68 Å². The van der Waals surface area contributed by atoms with Crippen molar-refractivity contribution in [3.05, 3.63) is 46.6 Å². The van der Waals surface area contributed by atoms with E-state index in [0.29, 0.717) is 24.0 Å². The lowest BCUT2D eigenvalue weighted by Crippen LogP contribution is -2.23. The fraction of sp³-hybridized carbons (Fsp3) is 0.333. The van der Waals surface area contributed by atoms with Crippen LogP contribution in [0.4, 0.5) is 0 Å².